The van der Waals surface area contributed by atoms with Crippen LogP contribution in [0.25, 0.3) is 0 Å². The van der Waals surface area contributed by atoms with Crippen molar-refractivity contribution in [3.63, 3.8) is 0 Å². The number of benzene rings is 1. The maximum Gasteiger partial charge on any atom is 0.229 e. The van der Waals surface area contributed by atoms with Crippen LogP contribution in [0.15, 0.2) is 48.7 Å². The number of allylic oxidation sites excluding steroid dienone is 2. The molecule has 3 N–H and O–H groups in total. The molecule has 1 saturated heterocycles. The van der Waals surface area contributed by atoms with Gasteiger partial charge < -0.3 is 30.2 Å². The zero-order valence-electron chi connectivity index (χ0n) is 19.1. The number of hydrogen-bond acceptors (Lipinski definition) is 8. The van der Waals surface area contributed by atoms with Gasteiger partial charge >= 0.3 is 0 Å². The first-order valence-electron chi connectivity index (χ1n) is 10.9. The fourth-order valence-corrected chi connectivity index (χ4v) is 5.64. The molecule has 0 radical (unpaired) electrons. The summed E-state index contributed by atoms with van der Waals surface area (Å²) in [5.41, 5.74) is 1.74. The molecule has 2 atom stereocenters. The number of halogens is 1. The molecule has 2 heterocycles. The van der Waals surface area contributed by atoms with Crippen LogP contribution in [-0.4, -0.2) is 68.3 Å². The molecule has 4 rings (SSSR count). The van der Waals surface area contributed by atoms with E-state index in [1.165, 1.54) is 0 Å². The average Bonchev–Trinajstić information content (AvgIpc) is 2.81. The van der Waals surface area contributed by atoms with Gasteiger partial charge in [-0.2, -0.15) is 4.98 Å². The summed E-state index contributed by atoms with van der Waals surface area (Å²) in [5.74, 6) is 1.57. The number of rotatable bonds is 7. The maximum atomic E-state index is 12.8. The third-order valence-corrected chi connectivity index (χ3v) is 7.99. The molecule has 2 aliphatic rings. The van der Waals surface area contributed by atoms with Gasteiger partial charge in [0.15, 0.2) is 5.82 Å². The third kappa shape index (κ3) is 5.69. The molecule has 176 valence electrons. The lowest BCUT2D eigenvalue weighted by Gasteiger charge is -2.30. The predicted molar refractivity (Wildman–Crippen MR) is 137 cm³/mol. The van der Waals surface area contributed by atoms with Crippen molar-refractivity contribution in [1.82, 2.24) is 15.3 Å². The highest BCUT2D eigenvalue weighted by molar-refractivity contribution is 7.63. The van der Waals surface area contributed by atoms with E-state index >= 15 is 0 Å². The van der Waals surface area contributed by atoms with E-state index in [0.29, 0.717) is 22.5 Å². The Morgan fingerprint density at radius 1 is 1.21 bits per heavy atom. The van der Waals surface area contributed by atoms with E-state index in [-0.39, 0.29) is 11.7 Å². The number of anilines is 4. The van der Waals surface area contributed by atoms with Crippen LogP contribution in [-0.2, 0) is 4.57 Å². The Balaban J connectivity index is 1.54. The van der Waals surface area contributed by atoms with Crippen LogP contribution in [0.5, 0.6) is 5.75 Å². The second-order valence-electron chi connectivity index (χ2n) is 8.50. The Morgan fingerprint density at radius 3 is 2.70 bits per heavy atom. The molecule has 2 unspecified atom stereocenters. The first-order valence-corrected chi connectivity index (χ1v) is 14.0. The number of aromatic nitrogens is 2. The number of nitrogens with one attached hydrogen (secondary N) is 3. The second kappa shape index (κ2) is 10.2. The molecule has 1 aliphatic heterocycles. The number of methoxy groups -OCH3 is 1. The van der Waals surface area contributed by atoms with Crippen LogP contribution < -0.4 is 25.6 Å². The molecule has 1 aromatic heterocycles. The van der Waals surface area contributed by atoms with Crippen molar-refractivity contribution in [2.45, 2.75) is 11.7 Å². The smallest absolute Gasteiger partial charge is 0.229 e. The molecule has 0 spiro atoms. The SMILES string of the molecule is COc1cc(N2CCNCC2)ccc1Nc1ncc(Cl)c(NC2C=CC=CC2P(C)(C)=O)n1. The van der Waals surface area contributed by atoms with Gasteiger partial charge in [0, 0.05) is 37.9 Å². The average molecular weight is 489 g/mol. The first kappa shape index (κ1) is 23.6. The Hall–Kier alpha value is -2.54. The Labute approximate surface area is 199 Å². The van der Waals surface area contributed by atoms with E-state index in [2.05, 4.69) is 36.9 Å². The molecule has 1 fully saturated rings. The number of piperazine rings is 1. The minimum Gasteiger partial charge on any atom is -0.494 e. The fourth-order valence-electron chi connectivity index (χ4n) is 4.03. The van der Waals surface area contributed by atoms with Crippen molar-refractivity contribution in [2.75, 3.05) is 62.2 Å². The van der Waals surface area contributed by atoms with Crippen molar-refractivity contribution in [3.05, 3.63) is 53.7 Å². The first-order chi connectivity index (χ1) is 15.8. The monoisotopic (exact) mass is 488 g/mol. The number of ether oxygens (including phenoxy) is 1. The van der Waals surface area contributed by atoms with E-state index in [0.717, 1.165) is 37.6 Å². The minimum atomic E-state index is -2.37. The van der Waals surface area contributed by atoms with E-state index < -0.39 is 7.14 Å². The zero-order chi connectivity index (χ0) is 23.4. The minimum absolute atomic E-state index is 0.137. The molecule has 0 bridgehead atoms. The molecule has 1 aliphatic carbocycles. The molecule has 33 heavy (non-hydrogen) atoms. The van der Waals surface area contributed by atoms with Gasteiger partial charge in [-0.05, 0) is 25.5 Å². The number of nitrogens with zero attached hydrogens (tertiary/aromatic N) is 3. The van der Waals surface area contributed by atoms with Gasteiger partial charge in [-0.25, -0.2) is 4.98 Å². The second-order valence-corrected chi connectivity index (χ2v) is 12.4. The molecule has 1 aromatic carbocycles. The largest absolute Gasteiger partial charge is 0.494 e. The summed E-state index contributed by atoms with van der Waals surface area (Å²) < 4.78 is 18.4. The Morgan fingerprint density at radius 2 is 1.97 bits per heavy atom. The van der Waals surface area contributed by atoms with Crippen molar-refractivity contribution in [2.24, 2.45) is 0 Å². The van der Waals surface area contributed by atoms with Gasteiger partial charge in [-0.15, -0.1) is 0 Å². The highest BCUT2D eigenvalue weighted by atomic mass is 35.5. The zero-order valence-corrected chi connectivity index (χ0v) is 20.7. The maximum absolute atomic E-state index is 12.8. The lowest BCUT2D eigenvalue weighted by atomic mass is 10.1. The summed E-state index contributed by atoms with van der Waals surface area (Å²) in [5, 5.41) is 10.3. The van der Waals surface area contributed by atoms with Crippen LogP contribution in [0, 0.1) is 0 Å². The van der Waals surface area contributed by atoms with Crippen molar-refractivity contribution < 1.29 is 9.30 Å². The summed E-state index contributed by atoms with van der Waals surface area (Å²) in [7, 11) is -0.723. The number of hydrogen-bond donors (Lipinski definition) is 3. The van der Waals surface area contributed by atoms with E-state index in [1.807, 2.05) is 36.4 Å². The normalized spacial score (nSPS) is 20.5. The van der Waals surface area contributed by atoms with Crippen LogP contribution in [0.2, 0.25) is 5.02 Å². The lowest BCUT2D eigenvalue weighted by molar-refractivity contribution is 0.416. The molecule has 0 amide bonds. The van der Waals surface area contributed by atoms with Crippen LogP contribution >= 0.6 is 18.7 Å². The van der Waals surface area contributed by atoms with Crippen molar-refractivity contribution in [3.8, 4) is 5.75 Å². The third-order valence-electron chi connectivity index (χ3n) is 5.79. The molecule has 10 heteroatoms. The van der Waals surface area contributed by atoms with Crippen LogP contribution in [0.4, 0.5) is 23.1 Å². The van der Waals surface area contributed by atoms with Gasteiger partial charge in [-0.3, -0.25) is 0 Å². The highest BCUT2D eigenvalue weighted by Crippen LogP contribution is 2.46. The van der Waals surface area contributed by atoms with E-state index in [9.17, 15) is 4.57 Å². The Bertz CT molecular complexity index is 1100. The van der Waals surface area contributed by atoms with Gasteiger partial charge in [0.05, 0.1) is 37.8 Å². The topological polar surface area (TPSA) is 91.4 Å². The van der Waals surface area contributed by atoms with E-state index in [1.54, 1.807) is 26.6 Å². The van der Waals surface area contributed by atoms with Gasteiger partial charge in [0.2, 0.25) is 5.95 Å². The summed E-state index contributed by atoms with van der Waals surface area (Å²) in [4.78, 5) is 11.2. The van der Waals surface area contributed by atoms with Crippen LogP contribution in [0.1, 0.15) is 0 Å². The summed E-state index contributed by atoms with van der Waals surface area (Å²) >= 11 is 6.38. The van der Waals surface area contributed by atoms with Gasteiger partial charge in [0.1, 0.15) is 10.8 Å². The molecular weight excluding hydrogens is 459 g/mol. The van der Waals surface area contributed by atoms with Crippen LogP contribution in [0.3, 0.4) is 0 Å². The lowest BCUT2D eigenvalue weighted by Crippen LogP contribution is -2.43. The summed E-state index contributed by atoms with van der Waals surface area (Å²) in [6, 6.07) is 5.88. The van der Waals surface area contributed by atoms with Crippen molar-refractivity contribution in [1.29, 1.82) is 0 Å². The molecule has 0 saturated carbocycles. The highest BCUT2D eigenvalue weighted by Gasteiger charge is 2.30. The molecule has 8 nitrogen and oxygen atoms in total. The summed E-state index contributed by atoms with van der Waals surface area (Å²) in [6.45, 7) is 7.44. The van der Waals surface area contributed by atoms with E-state index in [4.69, 9.17) is 16.3 Å². The fraction of sp³-hybridized carbons (Fsp3) is 0.391. The predicted octanol–water partition coefficient (Wildman–Crippen LogP) is 4.19. The quantitative estimate of drug-likeness (QED) is 0.500. The standard InChI is InChI=1S/C23H30ClN6O2P/c1-32-20-14-16(30-12-10-25-11-13-30)8-9-18(20)28-23-26-15-17(24)22(29-23)27-19-6-4-5-7-21(19)33(2,3)31/h4-9,14-15,19,21,25H,10-13H2,1-3H3,(H2,26,27,28,29). The Kier molecular flexibility index (Phi) is 7.27. The molecular formula is C23H30ClN6O2P. The van der Waals surface area contributed by atoms with Gasteiger partial charge in [-0.1, -0.05) is 35.9 Å². The summed E-state index contributed by atoms with van der Waals surface area (Å²) in [6.07, 6.45) is 9.36. The van der Waals surface area contributed by atoms with Crippen molar-refractivity contribution >= 4 is 41.9 Å². The van der Waals surface area contributed by atoms with Gasteiger partial charge in [0.25, 0.3) is 0 Å². The molecule has 2 aromatic rings.